The molecule has 4 N–H and O–H groups in total. The van der Waals surface area contributed by atoms with Crippen molar-refractivity contribution in [3.05, 3.63) is 81.3 Å². The number of carbonyl (C=O) groups is 2. The molecule has 0 saturated heterocycles. The van der Waals surface area contributed by atoms with Crippen molar-refractivity contribution in [2.24, 2.45) is 0 Å². The van der Waals surface area contributed by atoms with Crippen LogP contribution in [0.1, 0.15) is 10.4 Å². The molecule has 3 aromatic carbocycles. The van der Waals surface area contributed by atoms with Crippen molar-refractivity contribution in [1.82, 2.24) is 0 Å². The molecule has 0 saturated carbocycles. The molecule has 0 aliphatic carbocycles. The second kappa shape index (κ2) is 9.05. The summed E-state index contributed by atoms with van der Waals surface area (Å²) < 4.78 is 0. The zero-order valence-corrected chi connectivity index (χ0v) is 16.9. The molecule has 0 heterocycles. The van der Waals surface area contributed by atoms with Crippen LogP contribution < -0.4 is 16.0 Å². The smallest absolute Gasteiger partial charge is 0.323 e. The molecule has 29 heavy (non-hydrogen) atoms. The average Bonchev–Trinajstić information content (AvgIpc) is 2.68. The van der Waals surface area contributed by atoms with Crippen LogP contribution in [0.5, 0.6) is 5.75 Å². The van der Waals surface area contributed by atoms with Gasteiger partial charge in [0.25, 0.3) is 5.91 Å². The number of nitrogens with one attached hydrogen (secondary N) is 3. The summed E-state index contributed by atoms with van der Waals surface area (Å²) in [4.78, 5) is 24.8. The Kier molecular flexibility index (Phi) is 6.49. The molecule has 0 radical (unpaired) electrons. The van der Waals surface area contributed by atoms with E-state index in [1.807, 2.05) is 0 Å². The first-order chi connectivity index (χ1) is 13.9. The van der Waals surface area contributed by atoms with E-state index in [9.17, 15) is 14.7 Å². The molecule has 0 atom stereocenters. The molecule has 0 aromatic heterocycles. The van der Waals surface area contributed by atoms with E-state index in [4.69, 9.17) is 34.8 Å². The summed E-state index contributed by atoms with van der Waals surface area (Å²) in [5, 5.41) is 18.6. The van der Waals surface area contributed by atoms with Crippen LogP contribution in [-0.2, 0) is 0 Å². The topological polar surface area (TPSA) is 90.5 Å². The van der Waals surface area contributed by atoms with Gasteiger partial charge in [0.1, 0.15) is 5.56 Å². The van der Waals surface area contributed by atoms with Crippen LogP contribution in [0, 0.1) is 0 Å². The Morgan fingerprint density at radius 2 is 1.41 bits per heavy atom. The maximum Gasteiger partial charge on any atom is 0.323 e. The number of amides is 3. The van der Waals surface area contributed by atoms with Crippen molar-refractivity contribution in [2.75, 3.05) is 16.0 Å². The summed E-state index contributed by atoms with van der Waals surface area (Å²) in [5.41, 5.74) is 0.629. The lowest BCUT2D eigenvalue weighted by Gasteiger charge is -2.14. The summed E-state index contributed by atoms with van der Waals surface area (Å²) in [7, 11) is 0. The fourth-order valence-corrected chi connectivity index (χ4v) is 3.06. The molecule has 0 unspecified atom stereocenters. The summed E-state index contributed by atoms with van der Waals surface area (Å²) in [6, 6.07) is 15.5. The number of aromatic hydroxyl groups is 1. The average molecular weight is 451 g/mol. The van der Waals surface area contributed by atoms with Gasteiger partial charge in [-0.05, 0) is 36.4 Å². The number of anilines is 3. The van der Waals surface area contributed by atoms with Crippen molar-refractivity contribution < 1.29 is 14.7 Å². The summed E-state index contributed by atoms with van der Waals surface area (Å²) >= 11 is 18.0. The van der Waals surface area contributed by atoms with Gasteiger partial charge in [-0.3, -0.25) is 4.79 Å². The Labute approximate surface area is 181 Å². The highest BCUT2D eigenvalue weighted by atomic mass is 35.5. The Balaban J connectivity index is 1.80. The van der Waals surface area contributed by atoms with E-state index in [0.717, 1.165) is 0 Å². The first kappa shape index (κ1) is 20.8. The molecule has 3 rings (SSSR count). The van der Waals surface area contributed by atoms with E-state index < -0.39 is 17.7 Å². The monoisotopic (exact) mass is 449 g/mol. The zero-order chi connectivity index (χ0) is 21.0. The molecule has 148 valence electrons. The molecule has 0 aliphatic rings. The molecule has 3 amide bonds. The highest BCUT2D eigenvalue weighted by Crippen LogP contribution is 2.34. The van der Waals surface area contributed by atoms with E-state index in [1.165, 1.54) is 12.1 Å². The minimum absolute atomic E-state index is 0.0109. The minimum atomic E-state index is -0.693. The predicted molar refractivity (Wildman–Crippen MR) is 117 cm³/mol. The van der Waals surface area contributed by atoms with Crippen LogP contribution in [-0.4, -0.2) is 17.0 Å². The van der Waals surface area contributed by atoms with Gasteiger partial charge in [-0.25, -0.2) is 4.79 Å². The SMILES string of the molecule is O=C(Nc1ccc(Cl)c(C(=O)Nc2ccccc2)c1O)Nc1cccc(Cl)c1Cl. The lowest BCUT2D eigenvalue weighted by atomic mass is 10.1. The second-order valence-corrected chi connectivity index (χ2v) is 7.01. The van der Waals surface area contributed by atoms with E-state index in [1.54, 1.807) is 48.5 Å². The quantitative estimate of drug-likeness (QED) is 0.354. The Morgan fingerprint density at radius 1 is 0.724 bits per heavy atom. The van der Waals surface area contributed by atoms with E-state index >= 15 is 0 Å². The third-order valence-electron chi connectivity index (χ3n) is 3.83. The highest BCUT2D eigenvalue weighted by molar-refractivity contribution is 6.44. The fraction of sp³-hybridized carbons (Fsp3) is 0. The van der Waals surface area contributed by atoms with E-state index in [2.05, 4.69) is 16.0 Å². The number of hydrogen-bond acceptors (Lipinski definition) is 3. The number of carbonyl (C=O) groups excluding carboxylic acids is 2. The number of hydrogen-bond donors (Lipinski definition) is 4. The largest absolute Gasteiger partial charge is 0.505 e. The Morgan fingerprint density at radius 3 is 2.14 bits per heavy atom. The van der Waals surface area contributed by atoms with Crippen LogP contribution in [0.15, 0.2) is 60.7 Å². The zero-order valence-electron chi connectivity index (χ0n) is 14.7. The molecule has 6 nitrogen and oxygen atoms in total. The Hall–Kier alpha value is -2.93. The summed E-state index contributed by atoms with van der Waals surface area (Å²) in [5.74, 6) is -1.10. The predicted octanol–water partition coefficient (Wildman–Crippen LogP) is 6.25. The first-order valence-electron chi connectivity index (χ1n) is 8.26. The maximum atomic E-state index is 12.6. The van der Waals surface area contributed by atoms with Crippen LogP contribution in [0.25, 0.3) is 0 Å². The lowest BCUT2D eigenvalue weighted by Crippen LogP contribution is -2.20. The second-order valence-electron chi connectivity index (χ2n) is 5.82. The molecule has 0 spiro atoms. The standard InChI is InChI=1S/C20H14Cl3N3O3/c21-12-9-10-15(26-20(29)25-14-8-4-7-13(22)17(14)23)18(27)16(12)19(28)24-11-5-2-1-3-6-11/h1-10,27H,(H,24,28)(H2,25,26,29). The van der Waals surface area contributed by atoms with Gasteiger partial charge in [0.15, 0.2) is 5.75 Å². The molecule has 0 fully saturated rings. The van der Waals surface area contributed by atoms with Gasteiger partial charge in [-0.15, -0.1) is 0 Å². The van der Waals surface area contributed by atoms with Gasteiger partial charge in [-0.1, -0.05) is 59.1 Å². The molecular formula is C20H14Cl3N3O3. The van der Waals surface area contributed by atoms with E-state index in [-0.39, 0.29) is 32.0 Å². The number of urea groups is 1. The van der Waals surface area contributed by atoms with Crippen molar-refractivity contribution >= 4 is 63.8 Å². The third kappa shape index (κ3) is 4.92. The summed E-state index contributed by atoms with van der Waals surface area (Å²) in [6.07, 6.45) is 0. The van der Waals surface area contributed by atoms with Crippen molar-refractivity contribution in [3.8, 4) is 5.75 Å². The van der Waals surface area contributed by atoms with Gasteiger partial charge in [0, 0.05) is 5.69 Å². The number of rotatable bonds is 4. The third-order valence-corrected chi connectivity index (χ3v) is 4.97. The van der Waals surface area contributed by atoms with Crippen molar-refractivity contribution in [2.45, 2.75) is 0 Å². The molecular weight excluding hydrogens is 437 g/mol. The fourth-order valence-electron chi connectivity index (χ4n) is 2.47. The molecule has 0 aliphatic heterocycles. The number of halogens is 3. The number of phenolic OH excluding ortho intramolecular Hbond substituents is 1. The first-order valence-corrected chi connectivity index (χ1v) is 9.40. The minimum Gasteiger partial charge on any atom is -0.505 e. The van der Waals surface area contributed by atoms with Crippen LogP contribution >= 0.6 is 34.8 Å². The lowest BCUT2D eigenvalue weighted by molar-refractivity contribution is 0.102. The van der Waals surface area contributed by atoms with Crippen molar-refractivity contribution in [1.29, 1.82) is 0 Å². The van der Waals surface area contributed by atoms with Crippen LogP contribution in [0.2, 0.25) is 15.1 Å². The van der Waals surface area contributed by atoms with Gasteiger partial charge in [0.05, 0.1) is 26.4 Å². The molecule has 9 heteroatoms. The maximum absolute atomic E-state index is 12.6. The van der Waals surface area contributed by atoms with Crippen molar-refractivity contribution in [3.63, 3.8) is 0 Å². The molecule has 3 aromatic rings. The van der Waals surface area contributed by atoms with Gasteiger partial charge >= 0.3 is 6.03 Å². The molecule has 0 bridgehead atoms. The van der Waals surface area contributed by atoms with Gasteiger partial charge in [-0.2, -0.15) is 0 Å². The highest BCUT2D eigenvalue weighted by Gasteiger charge is 2.20. The van der Waals surface area contributed by atoms with Gasteiger partial charge < -0.3 is 21.1 Å². The van der Waals surface area contributed by atoms with Crippen LogP contribution in [0.3, 0.4) is 0 Å². The number of para-hydroxylation sites is 1. The number of benzene rings is 3. The van der Waals surface area contributed by atoms with E-state index in [0.29, 0.717) is 5.69 Å². The van der Waals surface area contributed by atoms with Gasteiger partial charge in [0.2, 0.25) is 0 Å². The summed E-state index contributed by atoms with van der Waals surface area (Å²) in [6.45, 7) is 0. The normalized spacial score (nSPS) is 10.3. The number of phenols is 1. The Bertz CT molecular complexity index is 1080. The van der Waals surface area contributed by atoms with Crippen LogP contribution in [0.4, 0.5) is 21.9 Å².